The molecular formula is C20H26N2O2. The van der Waals surface area contributed by atoms with Gasteiger partial charge >= 0.3 is 0 Å². The van der Waals surface area contributed by atoms with E-state index in [2.05, 4.69) is 18.8 Å². The van der Waals surface area contributed by atoms with Gasteiger partial charge in [0.2, 0.25) is 0 Å². The summed E-state index contributed by atoms with van der Waals surface area (Å²) in [4.78, 5) is 17.7. The van der Waals surface area contributed by atoms with Crippen molar-refractivity contribution < 1.29 is 9.53 Å². The van der Waals surface area contributed by atoms with Gasteiger partial charge in [-0.25, -0.2) is 0 Å². The molecule has 0 amide bonds. The van der Waals surface area contributed by atoms with E-state index in [9.17, 15) is 4.79 Å². The van der Waals surface area contributed by atoms with E-state index in [-0.39, 0.29) is 0 Å². The fraction of sp³-hybridized carbons (Fsp3) is 0.400. The molecule has 0 fully saturated rings. The molecule has 24 heavy (non-hydrogen) atoms. The zero-order valence-electron chi connectivity index (χ0n) is 15.0. The van der Waals surface area contributed by atoms with Gasteiger partial charge in [-0.05, 0) is 48.6 Å². The van der Waals surface area contributed by atoms with Crippen molar-refractivity contribution in [2.24, 2.45) is 5.92 Å². The summed E-state index contributed by atoms with van der Waals surface area (Å²) in [6.45, 7) is 5.08. The molecule has 0 N–H and O–H groups in total. The molecule has 1 aromatic carbocycles. The van der Waals surface area contributed by atoms with Crippen LogP contribution in [0.3, 0.4) is 0 Å². The van der Waals surface area contributed by atoms with Crippen LogP contribution in [0.15, 0.2) is 36.7 Å². The van der Waals surface area contributed by atoms with Crippen molar-refractivity contribution in [3.8, 4) is 16.9 Å². The topological polar surface area (TPSA) is 42.4 Å². The second-order valence-electron chi connectivity index (χ2n) is 6.54. The van der Waals surface area contributed by atoms with Crippen molar-refractivity contribution in [1.29, 1.82) is 0 Å². The highest BCUT2D eigenvalue weighted by Gasteiger charge is 2.12. The molecule has 1 aromatic heterocycles. The van der Waals surface area contributed by atoms with Gasteiger partial charge < -0.3 is 9.64 Å². The van der Waals surface area contributed by atoms with Crippen molar-refractivity contribution in [2.45, 2.75) is 26.7 Å². The highest BCUT2D eigenvalue weighted by Crippen LogP contribution is 2.32. The summed E-state index contributed by atoms with van der Waals surface area (Å²) in [7, 11) is 3.93. The van der Waals surface area contributed by atoms with Crippen LogP contribution in [-0.4, -0.2) is 32.0 Å². The standard InChI is InChI=1S/C20H26N2O2/c1-15(2)6-5-11-24-17-7-8-18(16(12-17)14-23)19-9-10-21-13-20(19)22(3)4/h7-10,12-15H,5-6,11H2,1-4H3. The van der Waals surface area contributed by atoms with Gasteiger partial charge in [0.1, 0.15) is 5.75 Å². The lowest BCUT2D eigenvalue weighted by Crippen LogP contribution is -2.10. The number of hydrogen-bond acceptors (Lipinski definition) is 4. The third kappa shape index (κ3) is 4.57. The van der Waals surface area contributed by atoms with Gasteiger partial charge in [-0.3, -0.25) is 9.78 Å². The van der Waals surface area contributed by atoms with Crippen molar-refractivity contribution in [2.75, 3.05) is 25.6 Å². The minimum absolute atomic E-state index is 0.630. The van der Waals surface area contributed by atoms with E-state index in [1.54, 1.807) is 12.4 Å². The molecule has 0 radical (unpaired) electrons. The average Bonchev–Trinajstić information content (AvgIpc) is 2.58. The van der Waals surface area contributed by atoms with Crippen molar-refractivity contribution in [1.82, 2.24) is 4.98 Å². The Labute approximate surface area is 144 Å². The number of carbonyl (C=O) groups is 1. The normalized spacial score (nSPS) is 10.7. The van der Waals surface area contributed by atoms with E-state index < -0.39 is 0 Å². The summed E-state index contributed by atoms with van der Waals surface area (Å²) in [5.41, 5.74) is 3.49. The summed E-state index contributed by atoms with van der Waals surface area (Å²) in [6, 6.07) is 7.62. The Morgan fingerprint density at radius 3 is 2.67 bits per heavy atom. The molecule has 2 rings (SSSR count). The second kappa shape index (κ2) is 8.48. The molecule has 0 spiro atoms. The maximum absolute atomic E-state index is 11.6. The van der Waals surface area contributed by atoms with Crippen LogP contribution in [-0.2, 0) is 0 Å². The first-order chi connectivity index (χ1) is 11.5. The lowest BCUT2D eigenvalue weighted by atomic mass is 9.99. The van der Waals surface area contributed by atoms with E-state index in [4.69, 9.17) is 4.74 Å². The van der Waals surface area contributed by atoms with Gasteiger partial charge in [0.15, 0.2) is 6.29 Å². The summed E-state index contributed by atoms with van der Waals surface area (Å²) in [6.07, 6.45) is 6.59. The highest BCUT2D eigenvalue weighted by atomic mass is 16.5. The van der Waals surface area contributed by atoms with E-state index in [0.29, 0.717) is 18.1 Å². The fourth-order valence-corrected chi connectivity index (χ4v) is 2.63. The van der Waals surface area contributed by atoms with Crippen LogP contribution in [0.25, 0.3) is 11.1 Å². The number of nitrogens with zero attached hydrogens (tertiary/aromatic N) is 2. The second-order valence-corrected chi connectivity index (χ2v) is 6.54. The number of pyridine rings is 1. The van der Waals surface area contributed by atoms with Crippen LogP contribution < -0.4 is 9.64 Å². The van der Waals surface area contributed by atoms with E-state index >= 15 is 0 Å². The zero-order valence-corrected chi connectivity index (χ0v) is 15.0. The quantitative estimate of drug-likeness (QED) is 0.531. The van der Waals surface area contributed by atoms with Crippen molar-refractivity contribution in [3.05, 3.63) is 42.2 Å². The van der Waals surface area contributed by atoms with Gasteiger partial charge in [-0.2, -0.15) is 0 Å². The molecule has 0 bridgehead atoms. The first-order valence-electron chi connectivity index (χ1n) is 8.36. The number of rotatable bonds is 8. The number of aromatic nitrogens is 1. The molecule has 0 aliphatic heterocycles. The van der Waals surface area contributed by atoms with Crippen molar-refractivity contribution >= 4 is 12.0 Å². The summed E-state index contributed by atoms with van der Waals surface area (Å²) in [5, 5.41) is 0. The van der Waals surface area contributed by atoms with Gasteiger partial charge in [0.05, 0.1) is 18.5 Å². The minimum atomic E-state index is 0.630. The Kier molecular flexibility index (Phi) is 6.36. The van der Waals surface area contributed by atoms with Crippen LogP contribution in [0.4, 0.5) is 5.69 Å². The third-order valence-electron chi connectivity index (χ3n) is 3.92. The number of carbonyl (C=O) groups excluding carboxylic acids is 1. The van der Waals surface area contributed by atoms with E-state index in [1.807, 2.05) is 43.3 Å². The van der Waals surface area contributed by atoms with Gasteiger partial charge in [-0.1, -0.05) is 13.8 Å². The number of anilines is 1. The molecule has 4 heteroatoms. The predicted molar refractivity (Wildman–Crippen MR) is 99.0 cm³/mol. The zero-order chi connectivity index (χ0) is 17.5. The third-order valence-corrected chi connectivity index (χ3v) is 3.92. The lowest BCUT2D eigenvalue weighted by molar-refractivity contribution is 0.112. The molecule has 128 valence electrons. The molecule has 4 nitrogen and oxygen atoms in total. The van der Waals surface area contributed by atoms with Gasteiger partial charge in [0.25, 0.3) is 0 Å². The van der Waals surface area contributed by atoms with Crippen LogP contribution in [0.2, 0.25) is 0 Å². The molecule has 0 saturated carbocycles. The molecule has 0 aliphatic rings. The highest BCUT2D eigenvalue weighted by molar-refractivity contribution is 5.92. The SMILES string of the molecule is CC(C)CCCOc1ccc(-c2ccncc2N(C)C)c(C=O)c1. The minimum Gasteiger partial charge on any atom is -0.494 e. The Morgan fingerprint density at radius 2 is 2.00 bits per heavy atom. The number of ether oxygens (including phenoxy) is 1. The fourth-order valence-electron chi connectivity index (χ4n) is 2.63. The van der Waals surface area contributed by atoms with Gasteiger partial charge in [0, 0.05) is 31.4 Å². The molecule has 0 aliphatic carbocycles. The first kappa shape index (κ1) is 18.0. The molecular weight excluding hydrogens is 300 g/mol. The Balaban J connectivity index is 2.22. The summed E-state index contributed by atoms with van der Waals surface area (Å²) in [5.74, 6) is 1.42. The Hall–Kier alpha value is -2.36. The van der Waals surface area contributed by atoms with Crippen LogP contribution >= 0.6 is 0 Å². The van der Waals surface area contributed by atoms with Crippen molar-refractivity contribution in [3.63, 3.8) is 0 Å². The summed E-state index contributed by atoms with van der Waals surface area (Å²) >= 11 is 0. The number of aldehydes is 1. The van der Waals surface area contributed by atoms with Crippen LogP contribution in [0.1, 0.15) is 37.0 Å². The van der Waals surface area contributed by atoms with Crippen LogP contribution in [0.5, 0.6) is 5.75 Å². The van der Waals surface area contributed by atoms with Gasteiger partial charge in [-0.15, -0.1) is 0 Å². The lowest BCUT2D eigenvalue weighted by Gasteiger charge is -2.18. The Morgan fingerprint density at radius 1 is 1.21 bits per heavy atom. The smallest absolute Gasteiger partial charge is 0.150 e. The predicted octanol–water partition coefficient (Wildman–Crippen LogP) is 4.44. The van der Waals surface area contributed by atoms with Crippen LogP contribution in [0, 0.1) is 5.92 Å². The largest absolute Gasteiger partial charge is 0.494 e. The number of benzene rings is 1. The average molecular weight is 326 g/mol. The maximum atomic E-state index is 11.6. The molecule has 1 heterocycles. The van der Waals surface area contributed by atoms with E-state index in [0.717, 1.165) is 41.7 Å². The van der Waals surface area contributed by atoms with E-state index in [1.165, 1.54) is 0 Å². The monoisotopic (exact) mass is 326 g/mol. The summed E-state index contributed by atoms with van der Waals surface area (Å²) < 4.78 is 5.79. The number of hydrogen-bond donors (Lipinski definition) is 0. The molecule has 0 atom stereocenters. The Bertz CT molecular complexity index is 681. The first-order valence-corrected chi connectivity index (χ1v) is 8.36. The maximum Gasteiger partial charge on any atom is 0.150 e. The molecule has 0 saturated heterocycles. The molecule has 2 aromatic rings. The molecule has 0 unspecified atom stereocenters.